The number of rotatable bonds is 2. The maximum atomic E-state index is 7.75. The highest BCUT2D eigenvalue weighted by Gasteiger charge is 2.20. The first-order chi connectivity index (χ1) is 8.93. The number of ether oxygens (including phenoxy) is 2. The Hall–Kier alpha value is -0.610. The van der Waals surface area contributed by atoms with Crippen molar-refractivity contribution in [3.8, 4) is 5.88 Å². The average Bonchev–Trinajstić information content (AvgIpc) is 2.31. The molecule has 1 fully saturated rings. The zero-order valence-electron chi connectivity index (χ0n) is 13.6. The summed E-state index contributed by atoms with van der Waals surface area (Å²) in [7, 11) is 0. The fourth-order valence-electron chi connectivity index (χ4n) is 0.561. The van der Waals surface area contributed by atoms with Gasteiger partial charge in [0.25, 0.3) is 0 Å². The Morgan fingerprint density at radius 3 is 3.42 bits per heavy atom. The summed E-state index contributed by atoms with van der Waals surface area (Å²) in [5.74, 6) is -0.621. The predicted molar refractivity (Wildman–Crippen MR) is 47.2 cm³/mol. The Morgan fingerprint density at radius 2 is 2.67 bits per heavy atom. The van der Waals surface area contributed by atoms with Crippen molar-refractivity contribution in [2.45, 2.75) is 6.08 Å². The van der Waals surface area contributed by atoms with Gasteiger partial charge in [0.2, 0.25) is 5.88 Å². The van der Waals surface area contributed by atoms with Gasteiger partial charge in [-0.15, -0.1) is 0 Å². The van der Waals surface area contributed by atoms with E-state index in [2.05, 4.69) is 25.7 Å². The van der Waals surface area contributed by atoms with Gasteiger partial charge in [0.05, 0.1) is 24.1 Å². The van der Waals surface area contributed by atoms with Crippen molar-refractivity contribution in [1.82, 2.24) is 4.98 Å². The van der Waals surface area contributed by atoms with E-state index in [0.29, 0.717) is 0 Å². The quantitative estimate of drug-likeness (QED) is 0.733. The third-order valence-corrected chi connectivity index (χ3v) is 1.40. The largest absolute Gasteiger partial charge is 0.469 e. The molecule has 0 aromatic carbocycles. The summed E-state index contributed by atoms with van der Waals surface area (Å²) in [6, 6.07) is -1.53. The van der Waals surface area contributed by atoms with Crippen molar-refractivity contribution < 1.29 is 20.4 Å². The molecule has 0 radical (unpaired) electrons. The van der Waals surface area contributed by atoms with E-state index in [4.69, 9.17) is 15.7 Å². The van der Waals surface area contributed by atoms with Crippen molar-refractivity contribution >= 4 is 15.9 Å². The van der Waals surface area contributed by atoms with Crippen LogP contribution < -0.4 is 4.74 Å². The smallest absolute Gasteiger partial charge is 0.214 e. The number of halogens is 1. The van der Waals surface area contributed by atoms with Crippen LogP contribution in [0.4, 0.5) is 0 Å². The Morgan fingerprint density at radius 1 is 1.83 bits per heavy atom. The van der Waals surface area contributed by atoms with E-state index < -0.39 is 37.2 Å². The topological polar surface area (TPSA) is 31.4 Å². The van der Waals surface area contributed by atoms with E-state index in [0.717, 1.165) is 0 Å². The highest BCUT2D eigenvalue weighted by molar-refractivity contribution is 9.10. The molecule has 1 aliphatic rings. The van der Waals surface area contributed by atoms with E-state index in [9.17, 15) is 0 Å². The Balaban J connectivity index is 2.45. The lowest BCUT2D eigenvalue weighted by Gasteiger charge is -2.25. The van der Waals surface area contributed by atoms with Crippen LogP contribution in [0.25, 0.3) is 0 Å². The first kappa shape index (κ1) is 2.96. The number of aromatic nitrogens is 1. The summed E-state index contributed by atoms with van der Waals surface area (Å²) in [6.45, 7) is -5.47. The standard InChI is InChI=1S/C8H8BrNO2/c9-7-2-1-3-8(10-7)12-6-4-11-5-6/h1-3,6H,4-5H2/i1D,2D,3D,4D2,5D2,6D. The predicted octanol–water partition coefficient (Wildman–Crippen LogP) is 1.62. The van der Waals surface area contributed by atoms with E-state index in [1.54, 1.807) is 0 Å². The minimum Gasteiger partial charge on any atom is -0.469 e. The second-order valence-corrected chi connectivity index (χ2v) is 2.57. The molecule has 1 aliphatic heterocycles. The second kappa shape index (κ2) is 3.41. The van der Waals surface area contributed by atoms with Crippen LogP contribution in [0.1, 0.15) is 11.0 Å². The van der Waals surface area contributed by atoms with Crippen molar-refractivity contribution in [2.24, 2.45) is 0 Å². The fourth-order valence-corrected chi connectivity index (χ4v) is 0.821. The average molecular weight is 238 g/mol. The monoisotopic (exact) mass is 237 g/mol. The molecule has 1 aromatic heterocycles. The van der Waals surface area contributed by atoms with E-state index in [1.165, 1.54) is 0 Å². The summed E-state index contributed by atoms with van der Waals surface area (Å²) in [4.78, 5) is 3.62. The minimum absolute atomic E-state index is 0.126. The molecule has 0 bridgehead atoms. The normalized spacial score (nSPS) is 37.8. The molecule has 0 aliphatic carbocycles. The summed E-state index contributed by atoms with van der Waals surface area (Å²) < 4.78 is 68.7. The zero-order valence-corrected chi connectivity index (χ0v) is 7.23. The highest BCUT2D eigenvalue weighted by atomic mass is 79.9. The number of hydrogen-bond donors (Lipinski definition) is 0. The van der Waals surface area contributed by atoms with Crippen LogP contribution >= 0.6 is 15.9 Å². The van der Waals surface area contributed by atoms with Gasteiger partial charge >= 0.3 is 0 Å². The minimum atomic E-state index is -2.77. The summed E-state index contributed by atoms with van der Waals surface area (Å²) >= 11 is 2.87. The van der Waals surface area contributed by atoms with Crippen LogP contribution in [0, 0.1) is 0 Å². The van der Waals surface area contributed by atoms with Gasteiger partial charge in [0, 0.05) is 6.04 Å². The molecule has 0 spiro atoms. The lowest BCUT2D eigenvalue weighted by molar-refractivity contribution is -0.0813. The molecule has 3 nitrogen and oxygen atoms in total. The van der Waals surface area contributed by atoms with Crippen molar-refractivity contribution in [3.63, 3.8) is 0 Å². The molecule has 1 aromatic rings. The molecule has 2 heterocycles. The van der Waals surface area contributed by atoms with Gasteiger partial charge in [-0.05, 0) is 22.0 Å². The summed E-state index contributed by atoms with van der Waals surface area (Å²) in [5, 5.41) is 0. The van der Waals surface area contributed by atoms with Gasteiger partial charge in [-0.1, -0.05) is 6.04 Å². The first-order valence-corrected chi connectivity index (χ1v) is 3.75. The summed E-state index contributed by atoms with van der Waals surface area (Å²) in [6.07, 6.45) is -2.77. The van der Waals surface area contributed by atoms with Gasteiger partial charge in [0.1, 0.15) is 10.7 Å². The lowest BCUT2D eigenvalue weighted by Crippen LogP contribution is -2.38. The lowest BCUT2D eigenvalue weighted by atomic mass is 10.3. The SMILES string of the molecule is [2H]c1c(Br)nc(OC2([2H])C([2H])([2H])OC2([2H])[2H])c([2H])c1[2H]. The highest BCUT2D eigenvalue weighted by Crippen LogP contribution is 2.15. The van der Waals surface area contributed by atoms with E-state index >= 15 is 0 Å². The molecular formula is C8H8BrNO2. The van der Waals surface area contributed by atoms with Crippen molar-refractivity contribution in [3.05, 3.63) is 22.7 Å². The van der Waals surface area contributed by atoms with Gasteiger partial charge in [-0.2, -0.15) is 0 Å². The Bertz CT molecular complexity index is 566. The molecule has 64 valence electrons. The molecule has 0 amide bonds. The van der Waals surface area contributed by atoms with E-state index in [1.807, 2.05) is 0 Å². The van der Waals surface area contributed by atoms with Crippen LogP contribution in [0.3, 0.4) is 0 Å². The maximum absolute atomic E-state index is 7.75. The molecule has 12 heavy (non-hydrogen) atoms. The van der Waals surface area contributed by atoms with Crippen molar-refractivity contribution in [2.75, 3.05) is 13.1 Å². The number of nitrogens with zero attached hydrogens (tertiary/aromatic N) is 1. The van der Waals surface area contributed by atoms with Gasteiger partial charge in [-0.25, -0.2) is 4.98 Å². The summed E-state index contributed by atoms with van der Waals surface area (Å²) in [5.41, 5.74) is 0. The number of pyridine rings is 1. The molecule has 1 saturated heterocycles. The van der Waals surface area contributed by atoms with Gasteiger partial charge < -0.3 is 9.47 Å². The van der Waals surface area contributed by atoms with Crippen LogP contribution in [-0.2, 0) is 4.74 Å². The van der Waals surface area contributed by atoms with Gasteiger partial charge in [-0.3, -0.25) is 0 Å². The molecule has 4 heteroatoms. The zero-order chi connectivity index (χ0) is 15.5. The third kappa shape index (κ3) is 1.76. The first-order valence-electron chi connectivity index (χ1n) is 6.95. The van der Waals surface area contributed by atoms with E-state index in [-0.39, 0.29) is 10.6 Å². The molecule has 0 atom stereocenters. The Labute approximate surface area is 90.1 Å². The molecule has 0 N–H and O–H groups in total. The molecule has 0 unspecified atom stereocenters. The maximum Gasteiger partial charge on any atom is 0.214 e. The fraction of sp³-hybridized carbons (Fsp3) is 0.375. The second-order valence-electron chi connectivity index (χ2n) is 1.82. The molecule has 2 rings (SSSR count). The third-order valence-electron chi connectivity index (χ3n) is 1.02. The van der Waals surface area contributed by atoms with Crippen LogP contribution in [-0.4, -0.2) is 24.2 Å². The van der Waals surface area contributed by atoms with Crippen molar-refractivity contribution in [1.29, 1.82) is 0 Å². The van der Waals surface area contributed by atoms with Crippen LogP contribution in [0.15, 0.2) is 22.7 Å². The van der Waals surface area contributed by atoms with Gasteiger partial charge in [0.15, 0.2) is 0 Å². The number of hydrogen-bond acceptors (Lipinski definition) is 3. The molecular weight excluding hydrogens is 222 g/mol. The van der Waals surface area contributed by atoms with Crippen LogP contribution in [0.2, 0.25) is 0 Å². The van der Waals surface area contributed by atoms with Crippen LogP contribution in [0.5, 0.6) is 5.88 Å². The Kier molecular flexibility index (Phi) is 0.840. The molecule has 0 saturated carbocycles.